The van der Waals surface area contributed by atoms with Gasteiger partial charge in [0, 0.05) is 30.9 Å². The maximum atomic E-state index is 12.2. The summed E-state index contributed by atoms with van der Waals surface area (Å²) in [4.78, 5) is 26.2. The maximum absolute atomic E-state index is 12.2. The summed E-state index contributed by atoms with van der Waals surface area (Å²) in [6.45, 7) is 0. The second-order valence-electron chi connectivity index (χ2n) is 5.88. The summed E-state index contributed by atoms with van der Waals surface area (Å²) in [5.41, 5.74) is 8.01. The molecular formula is C19H19N5O2. The molecule has 3 N–H and O–H groups in total. The molecule has 0 spiro atoms. The van der Waals surface area contributed by atoms with Crippen molar-refractivity contribution < 1.29 is 9.59 Å². The summed E-state index contributed by atoms with van der Waals surface area (Å²) in [6.07, 6.45) is 0. The first-order valence-electron chi connectivity index (χ1n) is 8.03. The highest BCUT2D eigenvalue weighted by molar-refractivity contribution is 5.98. The van der Waals surface area contributed by atoms with Crippen molar-refractivity contribution >= 4 is 17.5 Å². The van der Waals surface area contributed by atoms with Gasteiger partial charge in [0.15, 0.2) is 0 Å². The molecule has 7 heteroatoms. The minimum Gasteiger partial charge on any atom is -0.378 e. The van der Waals surface area contributed by atoms with Crippen molar-refractivity contribution in [3.8, 4) is 11.3 Å². The highest BCUT2D eigenvalue weighted by atomic mass is 16.2. The Kier molecular flexibility index (Phi) is 4.98. The zero-order valence-corrected chi connectivity index (χ0v) is 14.5. The number of anilines is 1. The third kappa shape index (κ3) is 3.89. The summed E-state index contributed by atoms with van der Waals surface area (Å²) in [5, 5.41) is 6.78. The van der Waals surface area contributed by atoms with Crippen LogP contribution in [0.25, 0.3) is 11.3 Å². The molecule has 1 heterocycles. The van der Waals surface area contributed by atoms with E-state index >= 15 is 0 Å². The Hall–Kier alpha value is -3.61. The van der Waals surface area contributed by atoms with Gasteiger partial charge in [-0.05, 0) is 30.3 Å². The largest absolute Gasteiger partial charge is 0.378 e. The van der Waals surface area contributed by atoms with Gasteiger partial charge < -0.3 is 4.90 Å². The Balaban J connectivity index is 1.60. The SMILES string of the molecule is CN(C)c1ccc(C(=O)NNC(=O)c2cc(-c3ccccc3)n[nH]2)cc1. The van der Waals surface area contributed by atoms with Gasteiger partial charge in [0.05, 0.1) is 5.69 Å². The normalized spacial score (nSPS) is 10.2. The van der Waals surface area contributed by atoms with Crippen molar-refractivity contribution in [3.63, 3.8) is 0 Å². The fourth-order valence-corrected chi connectivity index (χ4v) is 2.36. The van der Waals surface area contributed by atoms with Crippen molar-refractivity contribution in [2.45, 2.75) is 0 Å². The summed E-state index contributed by atoms with van der Waals surface area (Å²) in [5.74, 6) is -0.871. The van der Waals surface area contributed by atoms with Crippen LogP contribution in [0, 0.1) is 0 Å². The number of rotatable bonds is 4. The monoisotopic (exact) mass is 349 g/mol. The molecule has 132 valence electrons. The van der Waals surface area contributed by atoms with Crippen molar-refractivity contribution in [2.24, 2.45) is 0 Å². The summed E-state index contributed by atoms with van der Waals surface area (Å²) in [7, 11) is 3.84. The van der Waals surface area contributed by atoms with Gasteiger partial charge in [-0.1, -0.05) is 30.3 Å². The van der Waals surface area contributed by atoms with Gasteiger partial charge in [0.1, 0.15) is 5.69 Å². The zero-order valence-electron chi connectivity index (χ0n) is 14.5. The lowest BCUT2D eigenvalue weighted by atomic mass is 10.1. The Morgan fingerprint density at radius 3 is 2.23 bits per heavy atom. The van der Waals surface area contributed by atoms with E-state index in [2.05, 4.69) is 21.0 Å². The standard InChI is InChI=1S/C19H19N5O2/c1-24(2)15-10-8-14(9-11-15)18(25)22-23-19(26)17-12-16(20-21-17)13-6-4-3-5-7-13/h3-12H,1-2H3,(H,20,21)(H,22,25)(H,23,26). The van der Waals surface area contributed by atoms with Crippen LogP contribution in [-0.4, -0.2) is 36.1 Å². The van der Waals surface area contributed by atoms with E-state index in [0.717, 1.165) is 11.3 Å². The molecule has 0 unspecified atom stereocenters. The fraction of sp³-hybridized carbons (Fsp3) is 0.105. The molecule has 3 rings (SSSR count). The summed E-state index contributed by atoms with van der Waals surface area (Å²) < 4.78 is 0. The number of carbonyl (C=O) groups is 2. The van der Waals surface area contributed by atoms with Gasteiger partial charge in [-0.15, -0.1) is 0 Å². The third-order valence-corrected chi connectivity index (χ3v) is 3.83. The van der Waals surface area contributed by atoms with E-state index < -0.39 is 11.8 Å². The van der Waals surface area contributed by atoms with Gasteiger partial charge in [0.25, 0.3) is 11.8 Å². The number of carbonyl (C=O) groups excluding carboxylic acids is 2. The molecule has 0 aliphatic heterocycles. The lowest BCUT2D eigenvalue weighted by Gasteiger charge is -2.12. The van der Waals surface area contributed by atoms with Gasteiger partial charge in [-0.2, -0.15) is 5.10 Å². The predicted molar refractivity (Wildman–Crippen MR) is 99.7 cm³/mol. The number of amides is 2. The van der Waals surface area contributed by atoms with E-state index in [1.165, 1.54) is 0 Å². The highest BCUT2D eigenvalue weighted by Gasteiger charge is 2.12. The van der Waals surface area contributed by atoms with Crippen molar-refractivity contribution in [1.82, 2.24) is 21.0 Å². The second kappa shape index (κ2) is 7.52. The lowest BCUT2D eigenvalue weighted by Crippen LogP contribution is -2.41. The van der Waals surface area contributed by atoms with E-state index in [1.807, 2.05) is 61.5 Å². The molecule has 2 amide bonds. The average Bonchev–Trinajstić information content (AvgIpc) is 3.17. The number of nitrogens with one attached hydrogen (secondary N) is 3. The van der Waals surface area contributed by atoms with Crippen LogP contribution in [0.1, 0.15) is 20.8 Å². The molecule has 7 nitrogen and oxygen atoms in total. The Morgan fingerprint density at radius 1 is 0.923 bits per heavy atom. The lowest BCUT2D eigenvalue weighted by molar-refractivity contribution is 0.0844. The van der Waals surface area contributed by atoms with Crippen LogP contribution < -0.4 is 15.8 Å². The van der Waals surface area contributed by atoms with Crippen molar-refractivity contribution in [3.05, 3.63) is 71.9 Å². The van der Waals surface area contributed by atoms with Gasteiger partial charge >= 0.3 is 0 Å². The molecule has 0 saturated carbocycles. The van der Waals surface area contributed by atoms with Crippen LogP contribution in [-0.2, 0) is 0 Å². The predicted octanol–water partition coefficient (Wildman–Crippen LogP) is 2.22. The molecule has 0 aliphatic carbocycles. The maximum Gasteiger partial charge on any atom is 0.287 e. The molecule has 0 bridgehead atoms. The quantitative estimate of drug-likeness (QED) is 0.630. The minimum absolute atomic E-state index is 0.257. The van der Waals surface area contributed by atoms with Gasteiger partial charge in [0.2, 0.25) is 0 Å². The minimum atomic E-state index is -0.474. The third-order valence-electron chi connectivity index (χ3n) is 3.83. The van der Waals surface area contributed by atoms with Crippen molar-refractivity contribution in [1.29, 1.82) is 0 Å². The zero-order chi connectivity index (χ0) is 18.5. The number of aromatic nitrogens is 2. The topological polar surface area (TPSA) is 90.1 Å². The molecule has 3 aromatic rings. The first-order chi connectivity index (χ1) is 12.5. The molecule has 26 heavy (non-hydrogen) atoms. The first-order valence-corrected chi connectivity index (χ1v) is 8.03. The molecular weight excluding hydrogens is 330 g/mol. The molecule has 0 atom stereocenters. The number of hydrogen-bond acceptors (Lipinski definition) is 4. The smallest absolute Gasteiger partial charge is 0.287 e. The summed E-state index contributed by atoms with van der Waals surface area (Å²) >= 11 is 0. The summed E-state index contributed by atoms with van der Waals surface area (Å²) in [6, 6.07) is 18.2. The highest BCUT2D eigenvalue weighted by Crippen LogP contribution is 2.16. The van der Waals surface area contributed by atoms with E-state index in [0.29, 0.717) is 11.3 Å². The van der Waals surface area contributed by atoms with E-state index in [9.17, 15) is 9.59 Å². The van der Waals surface area contributed by atoms with Gasteiger partial charge in [-0.25, -0.2) is 0 Å². The molecule has 1 aromatic heterocycles. The Bertz CT molecular complexity index is 901. The van der Waals surface area contributed by atoms with Crippen LogP contribution in [0.3, 0.4) is 0 Å². The van der Waals surface area contributed by atoms with Crippen LogP contribution in [0.4, 0.5) is 5.69 Å². The van der Waals surface area contributed by atoms with E-state index in [-0.39, 0.29) is 5.69 Å². The van der Waals surface area contributed by atoms with E-state index in [1.54, 1.807) is 18.2 Å². The molecule has 0 saturated heterocycles. The second-order valence-corrected chi connectivity index (χ2v) is 5.88. The van der Waals surface area contributed by atoms with E-state index in [4.69, 9.17) is 0 Å². The van der Waals surface area contributed by atoms with Crippen LogP contribution in [0.15, 0.2) is 60.7 Å². The Morgan fingerprint density at radius 2 is 1.58 bits per heavy atom. The number of hydrogen-bond donors (Lipinski definition) is 3. The molecule has 0 aliphatic rings. The van der Waals surface area contributed by atoms with Crippen LogP contribution in [0.5, 0.6) is 0 Å². The van der Waals surface area contributed by atoms with Crippen molar-refractivity contribution in [2.75, 3.05) is 19.0 Å². The number of nitrogens with zero attached hydrogens (tertiary/aromatic N) is 2. The first kappa shape index (κ1) is 17.2. The number of aromatic amines is 1. The molecule has 2 aromatic carbocycles. The fourth-order valence-electron chi connectivity index (χ4n) is 2.36. The average molecular weight is 349 g/mol. The number of benzene rings is 2. The Labute approximate surface area is 151 Å². The van der Waals surface area contributed by atoms with Crippen LogP contribution in [0.2, 0.25) is 0 Å². The molecule has 0 fully saturated rings. The number of hydrazine groups is 1. The number of H-pyrrole nitrogens is 1. The van der Waals surface area contributed by atoms with Crippen LogP contribution >= 0.6 is 0 Å². The molecule has 0 radical (unpaired) electrons. The van der Waals surface area contributed by atoms with Gasteiger partial charge in [-0.3, -0.25) is 25.5 Å².